The van der Waals surface area contributed by atoms with E-state index in [1.807, 2.05) is 0 Å². The summed E-state index contributed by atoms with van der Waals surface area (Å²) < 4.78 is 2.34. The van der Waals surface area contributed by atoms with Crippen LogP contribution in [0.2, 0.25) is 0 Å². The van der Waals surface area contributed by atoms with Crippen LogP contribution in [0, 0.1) is 0 Å². The van der Waals surface area contributed by atoms with Crippen LogP contribution in [0.4, 0.5) is 5.95 Å². The lowest BCUT2D eigenvalue weighted by atomic mass is 9.93. The standard InChI is InChI=1S/C16H17BrN6O/c1-9-13-6-11(17)3-2-10(13)4-5-22(9)8-12-7-14(24)23-16(19-12)20-15(18)21-23/h2-3,6-7,9H,4-5,8H2,1H3,(H3,18,19,20,21). The Kier molecular flexibility index (Phi) is 3.65. The van der Waals surface area contributed by atoms with Gasteiger partial charge in [-0.2, -0.15) is 9.50 Å². The van der Waals surface area contributed by atoms with Gasteiger partial charge in [0.1, 0.15) is 0 Å². The molecule has 1 atom stereocenters. The number of rotatable bonds is 2. The van der Waals surface area contributed by atoms with E-state index in [4.69, 9.17) is 5.73 Å². The fourth-order valence-corrected chi connectivity index (χ4v) is 3.66. The minimum Gasteiger partial charge on any atom is -0.368 e. The fraction of sp³-hybridized carbons (Fsp3) is 0.312. The second kappa shape index (κ2) is 5.71. The predicted octanol–water partition coefficient (Wildman–Crippen LogP) is 1.88. The zero-order valence-electron chi connectivity index (χ0n) is 13.2. The Morgan fingerprint density at radius 3 is 3.04 bits per heavy atom. The van der Waals surface area contributed by atoms with Crippen molar-refractivity contribution in [1.29, 1.82) is 0 Å². The predicted molar refractivity (Wildman–Crippen MR) is 94.7 cm³/mol. The molecule has 0 saturated heterocycles. The van der Waals surface area contributed by atoms with Crippen molar-refractivity contribution in [3.8, 4) is 0 Å². The number of hydrogen-bond donors (Lipinski definition) is 2. The Bertz CT molecular complexity index is 978. The summed E-state index contributed by atoms with van der Waals surface area (Å²) in [5.41, 5.74) is 8.80. The Labute approximate surface area is 146 Å². The first-order valence-electron chi connectivity index (χ1n) is 7.78. The monoisotopic (exact) mass is 388 g/mol. The number of hydrogen-bond acceptors (Lipinski definition) is 5. The van der Waals surface area contributed by atoms with Crippen molar-refractivity contribution in [2.45, 2.75) is 25.9 Å². The fourth-order valence-electron chi connectivity index (χ4n) is 3.29. The molecule has 1 unspecified atom stereocenters. The third-order valence-electron chi connectivity index (χ3n) is 4.54. The van der Waals surface area contributed by atoms with E-state index in [9.17, 15) is 4.79 Å². The van der Waals surface area contributed by atoms with Crippen LogP contribution in [0.5, 0.6) is 0 Å². The van der Waals surface area contributed by atoms with Crippen molar-refractivity contribution in [3.63, 3.8) is 0 Å². The lowest BCUT2D eigenvalue weighted by Crippen LogP contribution is -2.34. The molecular formula is C16H17BrN6O. The molecule has 1 aliphatic heterocycles. The molecule has 0 fully saturated rings. The van der Waals surface area contributed by atoms with E-state index in [0.29, 0.717) is 18.0 Å². The summed E-state index contributed by atoms with van der Waals surface area (Å²) >= 11 is 3.55. The number of benzene rings is 1. The molecule has 0 bridgehead atoms. The highest BCUT2D eigenvalue weighted by atomic mass is 79.9. The summed E-state index contributed by atoms with van der Waals surface area (Å²) in [5, 5.41) is 2.68. The van der Waals surface area contributed by atoms with E-state index in [0.717, 1.165) is 17.4 Å². The molecular weight excluding hydrogens is 372 g/mol. The van der Waals surface area contributed by atoms with Crippen LogP contribution in [-0.2, 0) is 13.0 Å². The quantitative estimate of drug-likeness (QED) is 0.698. The number of halogens is 1. The zero-order valence-corrected chi connectivity index (χ0v) is 14.7. The minimum atomic E-state index is -0.202. The summed E-state index contributed by atoms with van der Waals surface area (Å²) in [4.78, 5) is 23.0. The van der Waals surface area contributed by atoms with E-state index < -0.39 is 0 Å². The van der Waals surface area contributed by atoms with Crippen molar-refractivity contribution < 1.29 is 0 Å². The van der Waals surface area contributed by atoms with Crippen molar-refractivity contribution in [1.82, 2.24) is 24.5 Å². The van der Waals surface area contributed by atoms with Crippen LogP contribution < -0.4 is 11.3 Å². The number of aromatic nitrogens is 4. The van der Waals surface area contributed by atoms with Crippen LogP contribution in [0.15, 0.2) is 33.5 Å². The first kappa shape index (κ1) is 15.3. The summed E-state index contributed by atoms with van der Waals surface area (Å²) in [6, 6.07) is 8.23. The van der Waals surface area contributed by atoms with Crippen molar-refractivity contribution >= 4 is 27.7 Å². The number of H-pyrrole nitrogens is 1. The van der Waals surface area contributed by atoms with Crippen molar-refractivity contribution in [3.05, 3.63) is 55.9 Å². The normalized spacial score (nSPS) is 18.0. The van der Waals surface area contributed by atoms with Gasteiger partial charge < -0.3 is 5.73 Å². The maximum absolute atomic E-state index is 12.2. The highest BCUT2D eigenvalue weighted by Crippen LogP contribution is 2.32. The van der Waals surface area contributed by atoms with Gasteiger partial charge in [0.15, 0.2) is 0 Å². The third-order valence-corrected chi connectivity index (χ3v) is 5.03. The first-order valence-corrected chi connectivity index (χ1v) is 8.57. The molecule has 4 rings (SSSR count). The number of nitrogens with zero attached hydrogens (tertiary/aromatic N) is 4. The molecule has 3 heterocycles. The molecule has 0 spiro atoms. The molecule has 0 saturated carbocycles. The van der Waals surface area contributed by atoms with Gasteiger partial charge in [-0.3, -0.25) is 14.8 Å². The Morgan fingerprint density at radius 2 is 2.21 bits per heavy atom. The average molecular weight is 389 g/mol. The van der Waals surface area contributed by atoms with Crippen LogP contribution in [0.3, 0.4) is 0 Å². The minimum absolute atomic E-state index is 0.182. The van der Waals surface area contributed by atoms with Crippen LogP contribution in [0.1, 0.15) is 29.8 Å². The summed E-state index contributed by atoms with van der Waals surface area (Å²) in [5.74, 6) is 0.490. The van der Waals surface area contributed by atoms with Gasteiger partial charge in [-0.25, -0.2) is 4.98 Å². The number of nitrogens with two attached hydrogens (primary N) is 1. The van der Waals surface area contributed by atoms with Gasteiger partial charge in [-0.15, -0.1) is 0 Å². The molecule has 8 heteroatoms. The second-order valence-corrected chi connectivity index (χ2v) is 6.99. The lowest BCUT2D eigenvalue weighted by Gasteiger charge is -2.35. The molecule has 0 aliphatic carbocycles. The Balaban J connectivity index is 1.65. The van der Waals surface area contributed by atoms with Crippen LogP contribution >= 0.6 is 15.9 Å². The number of aromatic amines is 1. The van der Waals surface area contributed by atoms with E-state index >= 15 is 0 Å². The molecule has 3 aromatic rings. The van der Waals surface area contributed by atoms with Gasteiger partial charge in [-0.1, -0.05) is 22.0 Å². The Morgan fingerprint density at radius 1 is 1.38 bits per heavy atom. The maximum Gasteiger partial charge on any atom is 0.274 e. The smallest absolute Gasteiger partial charge is 0.274 e. The van der Waals surface area contributed by atoms with Gasteiger partial charge >= 0.3 is 0 Å². The second-order valence-electron chi connectivity index (χ2n) is 6.07. The van der Waals surface area contributed by atoms with Crippen molar-refractivity contribution in [2.75, 3.05) is 12.3 Å². The van der Waals surface area contributed by atoms with E-state index in [-0.39, 0.29) is 17.5 Å². The van der Waals surface area contributed by atoms with Crippen molar-refractivity contribution in [2.24, 2.45) is 0 Å². The van der Waals surface area contributed by atoms with Crippen LogP contribution in [-0.4, -0.2) is 31.0 Å². The number of anilines is 1. The molecule has 124 valence electrons. The van der Waals surface area contributed by atoms with E-state index in [2.05, 4.69) is 61.0 Å². The maximum atomic E-state index is 12.2. The van der Waals surface area contributed by atoms with Gasteiger partial charge in [0.2, 0.25) is 5.95 Å². The lowest BCUT2D eigenvalue weighted by molar-refractivity contribution is 0.187. The summed E-state index contributed by atoms with van der Waals surface area (Å²) in [6.45, 7) is 3.72. The van der Waals surface area contributed by atoms with Gasteiger partial charge in [0, 0.05) is 29.7 Å². The molecule has 7 nitrogen and oxygen atoms in total. The first-order chi connectivity index (χ1) is 11.5. The number of fused-ring (bicyclic) bond motifs is 2. The molecule has 0 radical (unpaired) electrons. The van der Waals surface area contributed by atoms with Crippen LogP contribution in [0.25, 0.3) is 5.78 Å². The largest absolute Gasteiger partial charge is 0.368 e. The average Bonchev–Trinajstić information content (AvgIpc) is 2.92. The van der Waals surface area contributed by atoms with Gasteiger partial charge in [-0.05, 0) is 36.6 Å². The number of nitrogen functional groups attached to an aromatic ring is 1. The summed E-state index contributed by atoms with van der Waals surface area (Å²) in [6.07, 6.45) is 0.990. The topological polar surface area (TPSA) is 92.3 Å². The van der Waals surface area contributed by atoms with E-state index in [1.54, 1.807) is 0 Å². The Hall–Kier alpha value is -2.19. The zero-order chi connectivity index (χ0) is 16.8. The van der Waals surface area contributed by atoms with Gasteiger partial charge in [0.05, 0.1) is 5.69 Å². The van der Waals surface area contributed by atoms with E-state index in [1.165, 1.54) is 21.7 Å². The molecule has 2 aromatic heterocycles. The molecule has 1 aliphatic rings. The SMILES string of the molecule is CC1c2cc(Br)ccc2CCN1Cc1cc(=O)n2[nH]c(N)nc2n1. The number of nitrogens with one attached hydrogen (secondary N) is 1. The molecule has 1 aromatic carbocycles. The van der Waals surface area contributed by atoms with Gasteiger partial charge in [0.25, 0.3) is 11.3 Å². The molecule has 3 N–H and O–H groups in total. The third kappa shape index (κ3) is 2.61. The highest BCUT2D eigenvalue weighted by molar-refractivity contribution is 9.10. The highest BCUT2D eigenvalue weighted by Gasteiger charge is 2.24. The summed E-state index contributed by atoms with van der Waals surface area (Å²) in [7, 11) is 0. The molecule has 0 amide bonds. The molecule has 24 heavy (non-hydrogen) atoms.